The molecule has 2 aromatic rings. The minimum atomic E-state index is -1.07. The second-order valence-electron chi connectivity index (χ2n) is 5.05. The van der Waals surface area contributed by atoms with Gasteiger partial charge in [-0.25, -0.2) is 14.5 Å². The first-order valence-electron chi connectivity index (χ1n) is 7.51. The van der Waals surface area contributed by atoms with Crippen molar-refractivity contribution in [2.75, 3.05) is 0 Å². The zero-order chi connectivity index (χ0) is 17.4. The number of carbonyl (C=O) groups excluding carboxylic acids is 2. The van der Waals surface area contributed by atoms with E-state index in [0.717, 1.165) is 11.1 Å². The molecule has 1 unspecified atom stereocenters. The Hall–Kier alpha value is -2.86. The quantitative estimate of drug-likeness (QED) is 0.446. The molecule has 1 atom stereocenters. The molecule has 0 aliphatic heterocycles. The first kappa shape index (κ1) is 17.5. The normalized spacial score (nSPS) is 11.4. The predicted molar refractivity (Wildman–Crippen MR) is 85.7 cm³/mol. The van der Waals surface area contributed by atoms with E-state index < -0.39 is 12.1 Å². The van der Waals surface area contributed by atoms with Gasteiger partial charge in [0.2, 0.25) is 0 Å². The number of hydrogen-bond donors (Lipinski definition) is 0. The molecule has 2 rings (SSSR count). The molecule has 2 aromatic carbocycles. The van der Waals surface area contributed by atoms with E-state index in [1.807, 2.05) is 37.3 Å². The zero-order valence-corrected chi connectivity index (χ0v) is 13.4. The smallest absolute Gasteiger partial charge is 0.429 e. The maximum absolute atomic E-state index is 11.8. The molecule has 0 saturated heterocycles. The van der Waals surface area contributed by atoms with Crippen molar-refractivity contribution in [1.82, 2.24) is 0 Å². The highest BCUT2D eigenvalue weighted by molar-refractivity contribution is 5.89. The first-order chi connectivity index (χ1) is 11.6. The highest BCUT2D eigenvalue weighted by Gasteiger charge is 2.14. The molecule has 6 heteroatoms. The highest BCUT2D eigenvalue weighted by atomic mass is 17.5. The molecular formula is C18H18O6. The molecule has 0 saturated carbocycles. The van der Waals surface area contributed by atoms with Crippen LogP contribution in [0.15, 0.2) is 54.6 Å². The molecule has 0 fully saturated rings. The molecule has 0 bridgehead atoms. The fourth-order valence-electron chi connectivity index (χ4n) is 1.82. The predicted octanol–water partition coefficient (Wildman–Crippen LogP) is 4.31. The molecule has 0 N–H and O–H groups in total. The average molecular weight is 330 g/mol. The van der Waals surface area contributed by atoms with Crippen LogP contribution in [0.2, 0.25) is 0 Å². The Morgan fingerprint density at radius 3 is 2.17 bits per heavy atom. The number of carbonyl (C=O) groups is 2. The topological polar surface area (TPSA) is 71.1 Å². The first-order valence-corrected chi connectivity index (χ1v) is 7.51. The van der Waals surface area contributed by atoms with Gasteiger partial charge in [-0.05, 0) is 36.6 Å². The van der Waals surface area contributed by atoms with E-state index in [9.17, 15) is 9.59 Å². The van der Waals surface area contributed by atoms with Crippen molar-refractivity contribution < 1.29 is 29.1 Å². The molecule has 24 heavy (non-hydrogen) atoms. The molecule has 0 radical (unpaired) electrons. The van der Waals surface area contributed by atoms with E-state index in [2.05, 4.69) is 14.8 Å². The Kier molecular flexibility index (Phi) is 6.33. The van der Waals surface area contributed by atoms with Gasteiger partial charge in [0.1, 0.15) is 6.10 Å². The monoisotopic (exact) mass is 330 g/mol. The molecule has 0 aromatic heterocycles. The largest absolute Gasteiger partial charge is 0.543 e. The van der Waals surface area contributed by atoms with Gasteiger partial charge >= 0.3 is 12.1 Å². The lowest BCUT2D eigenvalue weighted by Crippen LogP contribution is -2.16. The van der Waals surface area contributed by atoms with Crippen LogP contribution in [-0.2, 0) is 19.6 Å². The van der Waals surface area contributed by atoms with E-state index in [1.165, 1.54) is 0 Å². The molecule has 0 aliphatic rings. The highest BCUT2D eigenvalue weighted by Crippen LogP contribution is 2.19. The van der Waals surface area contributed by atoms with Crippen molar-refractivity contribution in [1.29, 1.82) is 0 Å². The lowest BCUT2D eigenvalue weighted by atomic mass is 10.0. The molecule has 126 valence electrons. The van der Waals surface area contributed by atoms with E-state index in [4.69, 9.17) is 4.74 Å². The molecule has 0 spiro atoms. The van der Waals surface area contributed by atoms with Gasteiger partial charge in [-0.1, -0.05) is 49.4 Å². The fraction of sp³-hybridized carbons (Fsp3) is 0.222. The Balaban J connectivity index is 1.84. The van der Waals surface area contributed by atoms with Crippen molar-refractivity contribution in [2.24, 2.45) is 0 Å². The summed E-state index contributed by atoms with van der Waals surface area (Å²) >= 11 is 0. The summed E-state index contributed by atoms with van der Waals surface area (Å²) in [6.45, 7) is 3.54. The Morgan fingerprint density at radius 1 is 0.917 bits per heavy atom. The van der Waals surface area contributed by atoms with Crippen LogP contribution in [0.5, 0.6) is 0 Å². The van der Waals surface area contributed by atoms with E-state index in [0.29, 0.717) is 6.42 Å². The van der Waals surface area contributed by atoms with Crippen LogP contribution in [-0.4, -0.2) is 18.2 Å². The van der Waals surface area contributed by atoms with Gasteiger partial charge in [0.15, 0.2) is 0 Å². The van der Waals surface area contributed by atoms with Gasteiger partial charge in [-0.2, -0.15) is 0 Å². The number of rotatable bonds is 6. The molecule has 0 aliphatic carbocycles. The van der Waals surface area contributed by atoms with Crippen molar-refractivity contribution in [3.8, 4) is 11.1 Å². The summed E-state index contributed by atoms with van der Waals surface area (Å²) in [6, 6.07) is 16.5. The molecule has 0 amide bonds. The second-order valence-corrected chi connectivity index (χ2v) is 5.05. The molecule has 0 heterocycles. The van der Waals surface area contributed by atoms with E-state index in [-0.39, 0.29) is 11.7 Å². The van der Waals surface area contributed by atoms with Gasteiger partial charge in [-0.15, -0.1) is 0 Å². The van der Waals surface area contributed by atoms with Crippen molar-refractivity contribution in [3.05, 3.63) is 60.2 Å². The van der Waals surface area contributed by atoms with Crippen LogP contribution >= 0.6 is 0 Å². The maximum atomic E-state index is 11.8. The Labute approximate surface area is 139 Å². The summed E-state index contributed by atoms with van der Waals surface area (Å²) in [5.41, 5.74) is 2.25. The third kappa shape index (κ3) is 5.10. The lowest BCUT2D eigenvalue weighted by molar-refractivity contribution is -0.452. The van der Waals surface area contributed by atoms with Crippen LogP contribution in [0, 0.1) is 0 Å². The number of hydrogen-bond acceptors (Lipinski definition) is 6. The Bertz CT molecular complexity index is 666. The standard InChI is InChI=1S/C18H18O6/c1-3-13(2)21-18(20)23-24-22-17(19)16-11-9-15(10-12-16)14-7-5-4-6-8-14/h4-13H,3H2,1-2H3. The van der Waals surface area contributed by atoms with E-state index >= 15 is 0 Å². The van der Waals surface area contributed by atoms with Crippen molar-refractivity contribution >= 4 is 12.1 Å². The number of ether oxygens (including phenoxy) is 1. The van der Waals surface area contributed by atoms with Crippen LogP contribution in [0.1, 0.15) is 30.6 Å². The second kappa shape index (κ2) is 8.69. The van der Waals surface area contributed by atoms with Crippen LogP contribution < -0.4 is 0 Å². The Morgan fingerprint density at radius 2 is 1.54 bits per heavy atom. The van der Waals surface area contributed by atoms with Crippen LogP contribution in [0.4, 0.5) is 4.79 Å². The summed E-state index contributed by atoms with van der Waals surface area (Å²) in [6.07, 6.45) is -0.762. The average Bonchev–Trinajstić information content (AvgIpc) is 2.62. The summed E-state index contributed by atoms with van der Waals surface area (Å²) in [4.78, 5) is 31.5. The third-order valence-electron chi connectivity index (χ3n) is 3.31. The summed E-state index contributed by atoms with van der Waals surface area (Å²) in [5.74, 6) is -0.786. The summed E-state index contributed by atoms with van der Waals surface area (Å²) in [7, 11) is 0. The summed E-state index contributed by atoms with van der Waals surface area (Å²) < 4.78 is 4.77. The fourth-order valence-corrected chi connectivity index (χ4v) is 1.82. The summed E-state index contributed by atoms with van der Waals surface area (Å²) in [5, 5.41) is 4.15. The lowest BCUT2D eigenvalue weighted by Gasteiger charge is -2.08. The third-order valence-corrected chi connectivity index (χ3v) is 3.31. The molecular weight excluding hydrogens is 312 g/mol. The van der Waals surface area contributed by atoms with Gasteiger partial charge in [0.25, 0.3) is 0 Å². The van der Waals surface area contributed by atoms with Gasteiger partial charge in [-0.3, -0.25) is 4.89 Å². The SMILES string of the molecule is CCC(C)OC(=O)OOOC(=O)c1ccc(-c2ccccc2)cc1. The minimum absolute atomic E-state index is 0.258. The number of benzene rings is 2. The van der Waals surface area contributed by atoms with Gasteiger partial charge in [0.05, 0.1) is 10.6 Å². The van der Waals surface area contributed by atoms with Gasteiger partial charge in [0, 0.05) is 0 Å². The van der Waals surface area contributed by atoms with Crippen molar-refractivity contribution in [2.45, 2.75) is 26.4 Å². The zero-order valence-electron chi connectivity index (χ0n) is 13.4. The van der Waals surface area contributed by atoms with Gasteiger partial charge < -0.3 is 4.74 Å². The van der Waals surface area contributed by atoms with Crippen molar-refractivity contribution in [3.63, 3.8) is 0 Å². The van der Waals surface area contributed by atoms with Crippen LogP contribution in [0.3, 0.4) is 0 Å². The van der Waals surface area contributed by atoms with Crippen LogP contribution in [0.25, 0.3) is 11.1 Å². The van der Waals surface area contributed by atoms with E-state index in [1.54, 1.807) is 31.2 Å². The maximum Gasteiger partial charge on any atom is 0.543 e. The minimum Gasteiger partial charge on any atom is -0.429 e. The molecule has 6 nitrogen and oxygen atoms in total.